The van der Waals surface area contributed by atoms with Gasteiger partial charge in [0, 0.05) is 18.1 Å². The van der Waals surface area contributed by atoms with E-state index in [-0.39, 0.29) is 31.3 Å². The second-order valence-electron chi connectivity index (χ2n) is 8.60. The molecule has 3 N–H and O–H groups in total. The van der Waals surface area contributed by atoms with Gasteiger partial charge in [0.1, 0.15) is 12.1 Å². The maximum atomic E-state index is 13.5. The zero-order chi connectivity index (χ0) is 23.5. The molecular formula is C24H29ClN4O3. The molecular weight excluding hydrogens is 428 g/mol. The van der Waals surface area contributed by atoms with Gasteiger partial charge in [-0.25, -0.2) is 5.84 Å². The maximum Gasteiger partial charge on any atom is 0.253 e. The molecule has 0 saturated carbocycles. The van der Waals surface area contributed by atoms with Gasteiger partial charge in [-0.3, -0.25) is 19.8 Å². The molecule has 0 bridgehead atoms. The van der Waals surface area contributed by atoms with E-state index in [0.29, 0.717) is 18.0 Å². The second-order valence-corrected chi connectivity index (χ2v) is 9.03. The first kappa shape index (κ1) is 23.8. The topological polar surface area (TPSA) is 95.7 Å². The van der Waals surface area contributed by atoms with Gasteiger partial charge in [0.15, 0.2) is 0 Å². The van der Waals surface area contributed by atoms with E-state index < -0.39 is 11.4 Å². The van der Waals surface area contributed by atoms with E-state index in [1.165, 1.54) is 4.90 Å². The summed E-state index contributed by atoms with van der Waals surface area (Å²) in [7, 11) is 0. The fourth-order valence-electron chi connectivity index (χ4n) is 4.19. The van der Waals surface area contributed by atoms with Crippen LogP contribution in [0.2, 0.25) is 5.02 Å². The number of nitrogens with zero attached hydrogens (tertiary/aromatic N) is 2. The number of hydrazine groups is 1. The Kier molecular flexibility index (Phi) is 7.21. The number of aryl methyl sites for hydroxylation is 2. The molecule has 1 aliphatic heterocycles. The number of benzene rings is 2. The highest BCUT2D eigenvalue weighted by molar-refractivity contribution is 6.30. The molecule has 1 aliphatic rings. The van der Waals surface area contributed by atoms with Crippen molar-refractivity contribution in [2.45, 2.75) is 45.7 Å². The Morgan fingerprint density at radius 1 is 1.09 bits per heavy atom. The Balaban J connectivity index is 1.78. The fourth-order valence-corrected chi connectivity index (χ4v) is 4.32. The number of amides is 3. The SMILES string of the molecule is Cc1cc(C)cc(CC(=O)N2CCC2(C)C(=O)N(CC(=O)NN)Cc2ccc(Cl)cc2)c1. The molecule has 170 valence electrons. The number of likely N-dealkylation sites (tertiary alicyclic amines) is 1. The van der Waals surface area contributed by atoms with E-state index >= 15 is 0 Å². The molecule has 2 aromatic rings. The quantitative estimate of drug-likeness (QED) is 0.380. The third-order valence-corrected chi connectivity index (χ3v) is 6.14. The summed E-state index contributed by atoms with van der Waals surface area (Å²) < 4.78 is 0. The number of rotatable bonds is 7. The van der Waals surface area contributed by atoms with Crippen molar-refractivity contribution in [1.82, 2.24) is 15.2 Å². The van der Waals surface area contributed by atoms with Gasteiger partial charge in [0.25, 0.3) is 5.91 Å². The Bertz CT molecular complexity index is 1000. The first-order chi connectivity index (χ1) is 15.1. The first-order valence-electron chi connectivity index (χ1n) is 10.5. The lowest BCUT2D eigenvalue weighted by Gasteiger charge is -2.51. The number of hydrogen-bond donors (Lipinski definition) is 2. The average Bonchev–Trinajstić information content (AvgIpc) is 2.71. The van der Waals surface area contributed by atoms with Crippen LogP contribution in [0.5, 0.6) is 0 Å². The van der Waals surface area contributed by atoms with Crippen LogP contribution in [0, 0.1) is 13.8 Å². The van der Waals surface area contributed by atoms with Crippen LogP contribution in [0.4, 0.5) is 0 Å². The summed E-state index contributed by atoms with van der Waals surface area (Å²) in [5.74, 6) is 4.39. The van der Waals surface area contributed by atoms with Crippen LogP contribution in [0.1, 0.15) is 35.6 Å². The molecule has 0 radical (unpaired) electrons. The highest BCUT2D eigenvalue weighted by Crippen LogP contribution is 2.33. The summed E-state index contributed by atoms with van der Waals surface area (Å²) in [6, 6.07) is 13.1. The number of halogens is 1. The number of carbonyl (C=O) groups excluding carboxylic acids is 3. The van der Waals surface area contributed by atoms with Crippen molar-refractivity contribution in [3.8, 4) is 0 Å². The Morgan fingerprint density at radius 2 is 1.72 bits per heavy atom. The molecule has 32 heavy (non-hydrogen) atoms. The maximum absolute atomic E-state index is 13.5. The van der Waals surface area contributed by atoms with E-state index in [1.807, 2.05) is 26.0 Å². The zero-order valence-electron chi connectivity index (χ0n) is 18.7. The van der Waals surface area contributed by atoms with Gasteiger partial charge < -0.3 is 9.80 Å². The van der Waals surface area contributed by atoms with Gasteiger partial charge in [-0.2, -0.15) is 0 Å². The van der Waals surface area contributed by atoms with Crippen molar-refractivity contribution in [1.29, 1.82) is 0 Å². The minimum atomic E-state index is -1.00. The van der Waals surface area contributed by atoms with Crippen LogP contribution in [0.15, 0.2) is 42.5 Å². The van der Waals surface area contributed by atoms with Crippen molar-refractivity contribution in [2.75, 3.05) is 13.1 Å². The molecule has 2 aromatic carbocycles. The number of nitrogens with two attached hydrogens (primary N) is 1. The number of carbonyl (C=O) groups is 3. The molecule has 1 atom stereocenters. The highest BCUT2D eigenvalue weighted by atomic mass is 35.5. The summed E-state index contributed by atoms with van der Waals surface area (Å²) in [6.07, 6.45) is 0.762. The van der Waals surface area contributed by atoms with Crippen LogP contribution >= 0.6 is 11.6 Å². The minimum Gasteiger partial charge on any atom is -0.328 e. The normalized spacial score (nSPS) is 17.5. The molecule has 0 aliphatic carbocycles. The van der Waals surface area contributed by atoms with Crippen LogP contribution in [-0.2, 0) is 27.3 Å². The van der Waals surface area contributed by atoms with E-state index in [1.54, 1.807) is 36.1 Å². The summed E-state index contributed by atoms with van der Waals surface area (Å²) in [5.41, 5.74) is 5.01. The van der Waals surface area contributed by atoms with Gasteiger partial charge in [-0.05, 0) is 50.5 Å². The Labute approximate surface area is 193 Å². The molecule has 0 aromatic heterocycles. The predicted octanol–water partition coefficient (Wildman–Crippen LogP) is 2.51. The van der Waals surface area contributed by atoms with Crippen molar-refractivity contribution in [3.63, 3.8) is 0 Å². The van der Waals surface area contributed by atoms with Crippen molar-refractivity contribution in [3.05, 3.63) is 69.7 Å². The molecule has 1 unspecified atom stereocenters. The average molecular weight is 457 g/mol. The smallest absolute Gasteiger partial charge is 0.253 e. The monoisotopic (exact) mass is 456 g/mol. The van der Waals surface area contributed by atoms with E-state index in [9.17, 15) is 14.4 Å². The van der Waals surface area contributed by atoms with Crippen LogP contribution in [-0.4, -0.2) is 46.1 Å². The van der Waals surface area contributed by atoms with Crippen LogP contribution in [0.25, 0.3) is 0 Å². The van der Waals surface area contributed by atoms with Gasteiger partial charge in [0.05, 0.1) is 6.42 Å². The minimum absolute atomic E-state index is 0.105. The lowest BCUT2D eigenvalue weighted by Crippen LogP contribution is -2.68. The molecule has 1 saturated heterocycles. The predicted molar refractivity (Wildman–Crippen MR) is 124 cm³/mol. The second kappa shape index (κ2) is 9.71. The summed E-state index contributed by atoms with van der Waals surface area (Å²) in [4.78, 5) is 41.6. The van der Waals surface area contributed by atoms with Gasteiger partial charge >= 0.3 is 0 Å². The number of hydrogen-bond acceptors (Lipinski definition) is 4. The standard InChI is InChI=1S/C24H29ClN4O3/c1-16-10-17(2)12-19(11-16)13-22(31)29-9-8-24(29,3)23(32)28(15-21(30)27-26)14-18-4-6-20(25)7-5-18/h4-7,10-12H,8-9,13-15,26H2,1-3H3,(H,27,30). The lowest BCUT2D eigenvalue weighted by atomic mass is 9.84. The number of nitrogens with one attached hydrogen (secondary N) is 1. The van der Waals surface area contributed by atoms with Crippen LogP contribution in [0.3, 0.4) is 0 Å². The Hall–Kier alpha value is -2.90. The zero-order valence-corrected chi connectivity index (χ0v) is 19.4. The van der Waals surface area contributed by atoms with Gasteiger partial charge in [0.2, 0.25) is 11.8 Å². The fraction of sp³-hybridized carbons (Fsp3) is 0.375. The van der Waals surface area contributed by atoms with Gasteiger partial charge in [-0.1, -0.05) is 53.1 Å². The van der Waals surface area contributed by atoms with Crippen molar-refractivity contribution < 1.29 is 14.4 Å². The third-order valence-electron chi connectivity index (χ3n) is 5.89. The Morgan fingerprint density at radius 3 is 2.25 bits per heavy atom. The summed E-state index contributed by atoms with van der Waals surface area (Å²) in [6.45, 7) is 6.26. The van der Waals surface area contributed by atoms with E-state index in [2.05, 4.69) is 11.5 Å². The lowest BCUT2D eigenvalue weighted by molar-refractivity contribution is -0.164. The molecule has 3 rings (SSSR count). The van der Waals surface area contributed by atoms with E-state index in [0.717, 1.165) is 22.3 Å². The van der Waals surface area contributed by atoms with Crippen LogP contribution < -0.4 is 11.3 Å². The summed E-state index contributed by atoms with van der Waals surface area (Å²) in [5, 5.41) is 0.584. The molecule has 3 amide bonds. The molecule has 7 nitrogen and oxygen atoms in total. The largest absolute Gasteiger partial charge is 0.328 e. The molecule has 0 spiro atoms. The first-order valence-corrected chi connectivity index (χ1v) is 10.9. The van der Waals surface area contributed by atoms with E-state index in [4.69, 9.17) is 17.4 Å². The molecule has 1 fully saturated rings. The summed E-state index contributed by atoms with van der Waals surface area (Å²) >= 11 is 5.96. The van der Waals surface area contributed by atoms with Crippen molar-refractivity contribution in [2.24, 2.45) is 5.84 Å². The van der Waals surface area contributed by atoms with Crippen molar-refractivity contribution >= 4 is 29.3 Å². The highest BCUT2D eigenvalue weighted by Gasteiger charge is 2.51. The molecule has 8 heteroatoms. The third kappa shape index (κ3) is 5.29. The molecule has 1 heterocycles. The van der Waals surface area contributed by atoms with Gasteiger partial charge in [-0.15, -0.1) is 0 Å².